The summed E-state index contributed by atoms with van der Waals surface area (Å²) in [5, 5.41) is 0. The number of carbonyl (C=O) groups excluding carboxylic acids is 1. The molecule has 0 radical (unpaired) electrons. The van der Waals surface area contributed by atoms with Crippen LogP contribution in [0.3, 0.4) is 0 Å². The topological polar surface area (TPSA) is 96.9 Å². The number of Topliss-reactive ketones (excluding diaryl/α,β-unsaturated/α-hetero) is 1. The number of nitrogens with zero attached hydrogens (tertiary/aromatic N) is 1. The Bertz CT molecular complexity index is 716. The predicted octanol–water partition coefficient (Wildman–Crippen LogP) is 2.11. The van der Waals surface area contributed by atoms with Gasteiger partial charge in [-0.2, -0.15) is 8.42 Å². The Morgan fingerprint density at radius 1 is 1.21 bits per heavy atom. The van der Waals surface area contributed by atoms with Crippen molar-refractivity contribution in [3.8, 4) is 0 Å². The van der Waals surface area contributed by atoms with Crippen LogP contribution in [0, 0.1) is 0 Å². The molecule has 0 atom stereocenters. The van der Waals surface area contributed by atoms with E-state index in [1.54, 1.807) is 12.1 Å². The van der Waals surface area contributed by atoms with E-state index in [4.69, 9.17) is 8.97 Å². The van der Waals surface area contributed by atoms with Crippen molar-refractivity contribution in [2.45, 2.75) is 4.90 Å². The highest BCUT2D eigenvalue weighted by Crippen LogP contribution is 2.23. The summed E-state index contributed by atoms with van der Waals surface area (Å²) in [5.74, 6) is -0.414. The minimum absolute atomic E-state index is 0.0232. The van der Waals surface area contributed by atoms with E-state index in [9.17, 15) is 13.2 Å². The maximum Gasteiger partial charge on any atom is 0.296 e. The summed E-state index contributed by atoms with van der Waals surface area (Å²) in [6.07, 6.45) is 2.27. The van der Waals surface area contributed by atoms with Gasteiger partial charge in [0.1, 0.15) is 4.90 Å². The molecule has 0 aliphatic heterocycles. The molecular weight excluding hydrogens is 270 g/mol. The third-order valence-electron chi connectivity index (χ3n) is 2.23. The number of benzene rings is 1. The molecule has 0 fully saturated rings. The second-order valence-electron chi connectivity index (χ2n) is 3.54. The smallest absolute Gasteiger partial charge is 0.296 e. The van der Waals surface area contributed by atoms with Crippen molar-refractivity contribution in [2.75, 3.05) is 0 Å². The largest absolute Gasteiger partial charge is 0.461 e. The van der Waals surface area contributed by atoms with Gasteiger partial charge in [-0.25, -0.2) is 0 Å². The molecule has 1 aromatic heterocycles. The average molecular weight is 279 g/mol. The Hall–Kier alpha value is -2.25. The first-order valence-electron chi connectivity index (χ1n) is 5.17. The van der Waals surface area contributed by atoms with E-state index in [1.807, 2.05) is 0 Å². The van der Waals surface area contributed by atoms with E-state index in [2.05, 4.69) is 4.99 Å². The molecule has 2 rings (SSSR count). The molecule has 0 aliphatic carbocycles. The molecule has 6 nitrogen and oxygen atoms in total. The number of aliphatic imine (C=N–C) groups is 1. The first kappa shape index (κ1) is 13.2. The van der Waals surface area contributed by atoms with Gasteiger partial charge >= 0.3 is 0 Å². The lowest BCUT2D eigenvalue weighted by atomic mass is 10.3. The van der Waals surface area contributed by atoms with Crippen molar-refractivity contribution in [1.29, 1.82) is 0 Å². The van der Waals surface area contributed by atoms with Crippen LogP contribution >= 0.6 is 0 Å². The van der Waals surface area contributed by atoms with Crippen molar-refractivity contribution in [3.63, 3.8) is 0 Å². The van der Waals surface area contributed by atoms with E-state index in [0.717, 1.165) is 6.21 Å². The van der Waals surface area contributed by atoms with Gasteiger partial charge in [-0.3, -0.25) is 14.3 Å². The Morgan fingerprint density at radius 2 is 1.95 bits per heavy atom. The van der Waals surface area contributed by atoms with Crippen LogP contribution in [-0.2, 0) is 10.1 Å². The second-order valence-corrected chi connectivity index (χ2v) is 4.93. The van der Waals surface area contributed by atoms with Crippen LogP contribution in [0.25, 0.3) is 0 Å². The molecule has 0 spiro atoms. The first-order chi connectivity index (χ1) is 8.98. The molecular formula is C12H9NO5S. The maximum absolute atomic E-state index is 11.6. The van der Waals surface area contributed by atoms with E-state index in [0.29, 0.717) is 0 Å². The molecule has 2 aromatic rings. The van der Waals surface area contributed by atoms with Gasteiger partial charge < -0.3 is 4.42 Å². The zero-order chi connectivity index (χ0) is 13.9. The fourth-order valence-corrected chi connectivity index (χ4v) is 2.03. The Kier molecular flexibility index (Phi) is 3.59. The Labute approximate surface area is 109 Å². The average Bonchev–Trinajstić information content (AvgIpc) is 2.89. The lowest BCUT2D eigenvalue weighted by Crippen LogP contribution is -2.00. The minimum Gasteiger partial charge on any atom is -0.461 e. The van der Waals surface area contributed by atoms with Crippen molar-refractivity contribution in [3.05, 3.63) is 48.4 Å². The fourth-order valence-electron chi connectivity index (χ4n) is 1.39. The summed E-state index contributed by atoms with van der Waals surface area (Å²) < 4.78 is 36.1. The van der Waals surface area contributed by atoms with Crippen molar-refractivity contribution in [1.82, 2.24) is 0 Å². The third-order valence-corrected chi connectivity index (χ3v) is 3.13. The van der Waals surface area contributed by atoms with Gasteiger partial charge in [0.2, 0.25) is 5.78 Å². The number of para-hydroxylation sites is 1. The second kappa shape index (κ2) is 5.17. The molecule has 0 saturated heterocycles. The summed E-state index contributed by atoms with van der Waals surface area (Å²) in [6, 6.07) is 8.56. The third kappa shape index (κ3) is 3.15. The van der Waals surface area contributed by atoms with E-state index in [-0.39, 0.29) is 16.3 Å². The molecule has 1 heterocycles. The number of ketones is 1. The normalized spacial score (nSPS) is 11.8. The number of hydrogen-bond donors (Lipinski definition) is 1. The van der Waals surface area contributed by atoms with Crippen molar-refractivity contribution < 1.29 is 22.2 Å². The highest BCUT2D eigenvalue weighted by molar-refractivity contribution is 7.86. The SMILES string of the molecule is O=C(C=Nc1ccccc1S(=O)(=O)O)c1ccco1. The van der Waals surface area contributed by atoms with Crippen LogP contribution in [0.5, 0.6) is 0 Å². The van der Waals surface area contributed by atoms with Crippen LogP contribution in [0.4, 0.5) is 5.69 Å². The molecule has 7 heteroatoms. The minimum atomic E-state index is -4.38. The zero-order valence-corrected chi connectivity index (χ0v) is 10.4. The first-order valence-corrected chi connectivity index (χ1v) is 6.61. The van der Waals surface area contributed by atoms with Gasteiger partial charge in [0.25, 0.3) is 10.1 Å². The number of carbonyl (C=O) groups is 1. The molecule has 0 aliphatic rings. The van der Waals surface area contributed by atoms with E-state index in [1.165, 1.54) is 30.5 Å². The molecule has 19 heavy (non-hydrogen) atoms. The summed E-state index contributed by atoms with van der Waals surface area (Å²) in [4.78, 5) is 15.0. The Morgan fingerprint density at radius 3 is 2.58 bits per heavy atom. The highest BCUT2D eigenvalue weighted by Gasteiger charge is 2.14. The summed E-state index contributed by atoms with van der Waals surface area (Å²) >= 11 is 0. The quantitative estimate of drug-likeness (QED) is 0.525. The van der Waals surface area contributed by atoms with Crippen LogP contribution in [0.1, 0.15) is 10.6 Å². The van der Waals surface area contributed by atoms with Crippen LogP contribution < -0.4 is 0 Å². The van der Waals surface area contributed by atoms with Gasteiger partial charge in [0.05, 0.1) is 18.2 Å². The Balaban J connectivity index is 2.32. The lowest BCUT2D eigenvalue weighted by molar-refractivity contribution is 0.104. The van der Waals surface area contributed by atoms with Crippen LogP contribution in [-0.4, -0.2) is 25.0 Å². The van der Waals surface area contributed by atoms with Crippen LogP contribution in [0.15, 0.2) is 57.0 Å². The van der Waals surface area contributed by atoms with Gasteiger partial charge in [0, 0.05) is 0 Å². The monoisotopic (exact) mass is 279 g/mol. The molecule has 0 amide bonds. The zero-order valence-electron chi connectivity index (χ0n) is 9.55. The number of rotatable bonds is 4. The lowest BCUT2D eigenvalue weighted by Gasteiger charge is -2.00. The summed E-state index contributed by atoms with van der Waals surface area (Å²) in [5.41, 5.74) is -0.0232. The summed E-state index contributed by atoms with van der Waals surface area (Å²) in [7, 11) is -4.38. The standard InChI is InChI=1S/C12H9NO5S/c14-10(11-5-3-7-18-11)8-13-9-4-1-2-6-12(9)19(15,16)17/h1-8H,(H,15,16,17). The molecule has 0 saturated carbocycles. The molecule has 1 aromatic carbocycles. The van der Waals surface area contributed by atoms with E-state index >= 15 is 0 Å². The summed E-state index contributed by atoms with van der Waals surface area (Å²) in [6.45, 7) is 0. The fraction of sp³-hybridized carbons (Fsp3) is 0. The van der Waals surface area contributed by atoms with Crippen molar-refractivity contribution in [2.24, 2.45) is 4.99 Å². The van der Waals surface area contributed by atoms with Gasteiger partial charge in [-0.1, -0.05) is 12.1 Å². The van der Waals surface area contributed by atoms with E-state index < -0.39 is 15.9 Å². The number of hydrogen-bond acceptors (Lipinski definition) is 5. The van der Waals surface area contributed by atoms with Crippen LogP contribution in [0.2, 0.25) is 0 Å². The maximum atomic E-state index is 11.6. The molecule has 1 N–H and O–H groups in total. The van der Waals surface area contributed by atoms with Gasteiger partial charge in [-0.05, 0) is 24.3 Å². The highest BCUT2D eigenvalue weighted by atomic mass is 32.2. The number of furan rings is 1. The molecule has 98 valence electrons. The van der Waals surface area contributed by atoms with Crippen molar-refractivity contribution >= 4 is 27.8 Å². The predicted molar refractivity (Wildman–Crippen MR) is 67.4 cm³/mol. The molecule has 0 unspecified atom stereocenters. The van der Waals surface area contributed by atoms with Gasteiger partial charge in [0.15, 0.2) is 5.76 Å². The molecule has 0 bridgehead atoms. The van der Waals surface area contributed by atoms with Gasteiger partial charge in [-0.15, -0.1) is 0 Å².